The van der Waals surface area contributed by atoms with Crippen LogP contribution in [0.25, 0.3) is 0 Å². The molecule has 4 heteroatoms. The maximum atomic E-state index is 11.1. The van der Waals surface area contributed by atoms with Crippen molar-refractivity contribution in [3.8, 4) is 5.75 Å². The summed E-state index contributed by atoms with van der Waals surface area (Å²) in [6, 6.07) is 16.6. The number of methoxy groups -OCH3 is 1. The van der Waals surface area contributed by atoms with Crippen molar-refractivity contribution in [2.45, 2.75) is 77.4 Å². The average molecular weight is 413 g/mol. The molecular formula is C26H36O4. The van der Waals surface area contributed by atoms with Crippen LogP contribution >= 0.6 is 0 Å². The summed E-state index contributed by atoms with van der Waals surface area (Å²) in [5.74, 6) is 0.680. The van der Waals surface area contributed by atoms with Crippen molar-refractivity contribution >= 4 is 5.97 Å². The van der Waals surface area contributed by atoms with Gasteiger partial charge in [0.05, 0.1) is 13.2 Å². The Morgan fingerprint density at radius 1 is 1.00 bits per heavy atom. The fraction of sp³-hybridized carbons (Fsp3) is 0.500. The van der Waals surface area contributed by atoms with Crippen LogP contribution in [-0.2, 0) is 28.0 Å². The highest BCUT2D eigenvalue weighted by Crippen LogP contribution is 2.24. The van der Waals surface area contributed by atoms with Gasteiger partial charge in [-0.2, -0.15) is 0 Å². The normalized spacial score (nSPS) is 12.4. The Balaban J connectivity index is 1.82. The number of unbranched alkanes of at least 4 members (excludes halogenated alkanes) is 1. The van der Waals surface area contributed by atoms with Crippen LogP contribution in [0.4, 0.5) is 0 Å². The topological polar surface area (TPSA) is 55.8 Å². The zero-order chi connectivity index (χ0) is 22.0. The van der Waals surface area contributed by atoms with E-state index in [1.54, 1.807) is 0 Å². The summed E-state index contributed by atoms with van der Waals surface area (Å²) in [5.41, 5.74) is 3.71. The Morgan fingerprint density at radius 2 is 1.70 bits per heavy atom. The Labute approximate surface area is 181 Å². The van der Waals surface area contributed by atoms with Gasteiger partial charge in [-0.3, -0.25) is 4.79 Å². The molecule has 0 heterocycles. The first-order chi connectivity index (χ1) is 14.3. The van der Waals surface area contributed by atoms with Crippen molar-refractivity contribution in [3.05, 3.63) is 65.2 Å². The number of rotatable bonds is 11. The molecule has 0 aliphatic heterocycles. The minimum atomic E-state index is -0.374. The molecule has 164 valence electrons. The van der Waals surface area contributed by atoms with E-state index in [1.165, 1.54) is 12.7 Å². The first kappa shape index (κ1) is 23.9. The van der Waals surface area contributed by atoms with Gasteiger partial charge < -0.3 is 14.6 Å². The highest BCUT2D eigenvalue weighted by Gasteiger charge is 2.13. The number of benzene rings is 2. The molecular weight excluding hydrogens is 376 g/mol. The summed E-state index contributed by atoms with van der Waals surface area (Å²) in [7, 11) is 1.40. The molecule has 30 heavy (non-hydrogen) atoms. The van der Waals surface area contributed by atoms with E-state index < -0.39 is 0 Å². The van der Waals surface area contributed by atoms with Gasteiger partial charge in [0.1, 0.15) is 12.4 Å². The molecule has 0 fully saturated rings. The number of carbonyl (C=O) groups is 1. The van der Waals surface area contributed by atoms with Gasteiger partial charge in [0, 0.05) is 6.42 Å². The monoisotopic (exact) mass is 412 g/mol. The predicted octanol–water partition coefficient (Wildman–Crippen LogP) is 5.59. The van der Waals surface area contributed by atoms with Crippen molar-refractivity contribution in [2.75, 3.05) is 7.11 Å². The van der Waals surface area contributed by atoms with Crippen LogP contribution in [0.5, 0.6) is 5.75 Å². The molecule has 0 saturated heterocycles. The van der Waals surface area contributed by atoms with E-state index in [1.807, 2.05) is 18.2 Å². The molecule has 0 saturated carbocycles. The van der Waals surface area contributed by atoms with Gasteiger partial charge in [-0.15, -0.1) is 0 Å². The van der Waals surface area contributed by atoms with E-state index in [4.69, 9.17) is 4.74 Å². The second kappa shape index (κ2) is 11.8. The van der Waals surface area contributed by atoms with E-state index in [-0.39, 0.29) is 17.5 Å². The number of ether oxygens (including phenoxy) is 2. The summed E-state index contributed by atoms with van der Waals surface area (Å²) in [6.45, 7) is 7.16. The molecule has 1 atom stereocenters. The number of para-hydroxylation sites is 1. The highest BCUT2D eigenvalue weighted by molar-refractivity contribution is 5.68. The number of hydrogen-bond acceptors (Lipinski definition) is 4. The van der Waals surface area contributed by atoms with Crippen molar-refractivity contribution in [1.29, 1.82) is 0 Å². The van der Waals surface area contributed by atoms with Crippen molar-refractivity contribution < 1.29 is 19.4 Å². The van der Waals surface area contributed by atoms with Gasteiger partial charge in [0.15, 0.2) is 0 Å². The first-order valence-corrected chi connectivity index (χ1v) is 10.8. The maximum Gasteiger partial charge on any atom is 0.305 e. The van der Waals surface area contributed by atoms with Crippen LogP contribution < -0.4 is 4.74 Å². The fourth-order valence-corrected chi connectivity index (χ4v) is 3.33. The van der Waals surface area contributed by atoms with Crippen LogP contribution in [0.1, 0.15) is 69.6 Å². The van der Waals surface area contributed by atoms with E-state index in [0.717, 1.165) is 36.1 Å². The first-order valence-electron chi connectivity index (χ1n) is 10.8. The zero-order valence-electron chi connectivity index (χ0n) is 18.8. The molecule has 4 nitrogen and oxygen atoms in total. The highest BCUT2D eigenvalue weighted by atomic mass is 16.5. The average Bonchev–Trinajstić information content (AvgIpc) is 2.73. The minimum absolute atomic E-state index is 0.145. The van der Waals surface area contributed by atoms with E-state index in [2.05, 4.69) is 55.8 Å². The second-order valence-electron chi connectivity index (χ2n) is 8.86. The molecule has 0 radical (unpaired) electrons. The van der Waals surface area contributed by atoms with Gasteiger partial charge in [-0.25, -0.2) is 0 Å². The Morgan fingerprint density at radius 3 is 2.37 bits per heavy atom. The number of aryl methyl sites for hydroxylation is 1. The molecule has 2 aromatic carbocycles. The zero-order valence-corrected chi connectivity index (χ0v) is 18.8. The molecule has 0 amide bonds. The predicted molar refractivity (Wildman–Crippen MR) is 121 cm³/mol. The van der Waals surface area contributed by atoms with Crippen LogP contribution in [0.3, 0.4) is 0 Å². The third-order valence-electron chi connectivity index (χ3n) is 5.33. The Kier molecular flexibility index (Phi) is 9.38. The number of hydrogen-bond donors (Lipinski definition) is 1. The Bertz CT molecular complexity index is 774. The molecule has 0 bridgehead atoms. The molecule has 2 aromatic rings. The van der Waals surface area contributed by atoms with E-state index in [9.17, 15) is 9.90 Å². The van der Waals surface area contributed by atoms with Gasteiger partial charge in [-0.05, 0) is 53.9 Å². The van der Waals surface area contributed by atoms with Crippen molar-refractivity contribution in [1.82, 2.24) is 0 Å². The second-order valence-corrected chi connectivity index (χ2v) is 8.86. The SMILES string of the molecule is COC(=O)CCCCC(O)CCc1ccccc1OCc1ccc(C(C)(C)C)cc1. The number of esters is 1. The lowest BCUT2D eigenvalue weighted by atomic mass is 9.87. The van der Waals surface area contributed by atoms with Gasteiger partial charge in [0.25, 0.3) is 0 Å². The summed E-state index contributed by atoms with van der Waals surface area (Å²) in [4.78, 5) is 11.1. The van der Waals surface area contributed by atoms with Crippen molar-refractivity contribution in [2.24, 2.45) is 0 Å². The molecule has 2 rings (SSSR count). The summed E-state index contributed by atoms with van der Waals surface area (Å²) in [6.07, 6.45) is 3.74. The van der Waals surface area contributed by atoms with Gasteiger partial charge >= 0.3 is 5.97 Å². The summed E-state index contributed by atoms with van der Waals surface area (Å²) >= 11 is 0. The minimum Gasteiger partial charge on any atom is -0.489 e. The molecule has 0 aromatic heterocycles. The summed E-state index contributed by atoms with van der Waals surface area (Å²) in [5, 5.41) is 10.3. The molecule has 0 aliphatic carbocycles. The standard InChI is InChI=1S/C26H36O4/c1-26(2,3)22-16-13-20(14-17-22)19-30-24-11-7-5-9-21(24)15-18-23(27)10-6-8-12-25(28)29-4/h5,7,9,11,13-14,16-17,23,27H,6,8,10,12,15,18-19H2,1-4H3. The lowest BCUT2D eigenvalue weighted by Crippen LogP contribution is -2.11. The van der Waals surface area contributed by atoms with Gasteiger partial charge in [0.2, 0.25) is 0 Å². The fourth-order valence-electron chi connectivity index (χ4n) is 3.33. The van der Waals surface area contributed by atoms with Crippen LogP contribution in [0.2, 0.25) is 0 Å². The van der Waals surface area contributed by atoms with Gasteiger partial charge in [-0.1, -0.05) is 69.7 Å². The van der Waals surface area contributed by atoms with Crippen LogP contribution in [0.15, 0.2) is 48.5 Å². The largest absolute Gasteiger partial charge is 0.489 e. The molecule has 1 unspecified atom stereocenters. The lowest BCUT2D eigenvalue weighted by Gasteiger charge is -2.19. The Hall–Kier alpha value is -2.33. The third kappa shape index (κ3) is 8.19. The third-order valence-corrected chi connectivity index (χ3v) is 5.33. The number of carbonyl (C=O) groups excluding carboxylic acids is 1. The van der Waals surface area contributed by atoms with E-state index >= 15 is 0 Å². The quantitative estimate of drug-likeness (QED) is 0.386. The van der Waals surface area contributed by atoms with Crippen LogP contribution in [-0.4, -0.2) is 24.3 Å². The number of aliphatic hydroxyl groups is 1. The smallest absolute Gasteiger partial charge is 0.305 e. The van der Waals surface area contributed by atoms with E-state index in [0.29, 0.717) is 25.9 Å². The summed E-state index contributed by atoms with van der Waals surface area (Å²) < 4.78 is 10.7. The van der Waals surface area contributed by atoms with Crippen molar-refractivity contribution in [3.63, 3.8) is 0 Å². The number of aliphatic hydroxyl groups excluding tert-OH is 1. The lowest BCUT2D eigenvalue weighted by molar-refractivity contribution is -0.140. The molecule has 0 aliphatic rings. The molecule has 0 spiro atoms. The van der Waals surface area contributed by atoms with Crippen LogP contribution in [0, 0.1) is 0 Å². The molecule has 1 N–H and O–H groups in total. The maximum absolute atomic E-state index is 11.1.